The molecule has 10 heteroatoms. The van der Waals surface area contributed by atoms with Gasteiger partial charge in [0.25, 0.3) is 0 Å². The Balaban J connectivity index is 2.71. The van der Waals surface area contributed by atoms with Crippen LogP contribution in [0.3, 0.4) is 0 Å². The predicted octanol–water partition coefficient (Wildman–Crippen LogP) is -1.75. The highest BCUT2D eigenvalue weighted by molar-refractivity contribution is 7.91. The van der Waals surface area contributed by atoms with Gasteiger partial charge in [-0.05, 0) is 13.3 Å². The van der Waals surface area contributed by atoms with Crippen LogP contribution in [0.25, 0.3) is 0 Å². The molecule has 0 aromatic carbocycles. The van der Waals surface area contributed by atoms with Crippen LogP contribution in [0.2, 0.25) is 0 Å². The number of fused-ring (bicyclic) bond motifs is 1. The van der Waals surface area contributed by atoms with Crippen LogP contribution in [-0.4, -0.2) is 24.9 Å². The Morgan fingerprint density at radius 1 is 1.53 bits per heavy atom. The van der Waals surface area contributed by atoms with E-state index < -0.39 is 16.0 Å². The minimum absolute atomic E-state index is 0.195. The first-order valence-electron chi connectivity index (χ1n) is 5.82. The molecule has 2 rings (SSSR count). The molecule has 1 aromatic rings. The molecule has 0 fully saturated rings. The lowest BCUT2D eigenvalue weighted by Gasteiger charge is -2.38. The summed E-state index contributed by atoms with van der Waals surface area (Å²) in [5.41, 5.74) is 9.05. The topological polar surface area (TPSA) is 139 Å². The summed E-state index contributed by atoms with van der Waals surface area (Å²) in [5.74, 6) is 3.87. The molecule has 0 aliphatic carbocycles. The van der Waals surface area contributed by atoms with E-state index >= 15 is 0 Å². The molecule has 1 unspecified atom stereocenters. The summed E-state index contributed by atoms with van der Waals surface area (Å²) in [6.07, 6.45) is 2.18. The van der Waals surface area contributed by atoms with Crippen LogP contribution in [0.4, 0.5) is 5.82 Å². The zero-order valence-electron chi connectivity index (χ0n) is 10.7. The van der Waals surface area contributed by atoms with E-state index in [1.807, 2.05) is 6.92 Å². The fourth-order valence-corrected chi connectivity index (χ4v) is 3.24. The first-order valence-corrected chi connectivity index (χ1v) is 7.26. The molecule has 106 valence electrons. The number of hydrogen-bond donors (Lipinski definition) is 4. The molecule has 1 aliphatic rings. The Morgan fingerprint density at radius 2 is 2.21 bits per heavy atom. The highest BCUT2D eigenvalue weighted by atomic mass is 32.2. The smallest absolute Gasteiger partial charge is 0.294 e. The summed E-state index contributed by atoms with van der Waals surface area (Å²) in [4.78, 5) is 8.47. The van der Waals surface area contributed by atoms with Crippen LogP contribution < -0.4 is 26.0 Å². The van der Waals surface area contributed by atoms with E-state index in [0.29, 0.717) is 12.1 Å². The second kappa shape index (κ2) is 4.65. The second-order valence-electron chi connectivity index (χ2n) is 4.11. The van der Waals surface area contributed by atoms with Gasteiger partial charge in [0.05, 0.1) is 5.69 Å². The van der Waals surface area contributed by atoms with Gasteiger partial charge in [0.15, 0.2) is 11.6 Å². The number of anilines is 1. The number of aryl methyl sites for hydroxylation is 1. The molecule has 0 saturated heterocycles. The van der Waals surface area contributed by atoms with Crippen molar-refractivity contribution in [3.05, 3.63) is 17.6 Å². The Hall–Kier alpha value is -1.33. The van der Waals surface area contributed by atoms with Crippen LogP contribution in [0, 0.1) is 0 Å². The summed E-state index contributed by atoms with van der Waals surface area (Å²) in [6, 6.07) is 0. The molecule has 2 heterocycles. The molecule has 0 amide bonds. The van der Waals surface area contributed by atoms with Gasteiger partial charge < -0.3 is 0 Å². The number of nitrogens with one attached hydrogen (secondary N) is 2. The average molecular weight is 287 g/mol. The zero-order chi connectivity index (χ0) is 14.3. The van der Waals surface area contributed by atoms with Crippen LogP contribution >= 0.6 is 0 Å². The minimum Gasteiger partial charge on any atom is -0.294 e. The molecule has 9 nitrogen and oxygen atoms in total. The van der Waals surface area contributed by atoms with Crippen molar-refractivity contribution in [2.24, 2.45) is 11.6 Å². The van der Waals surface area contributed by atoms with E-state index in [1.165, 1.54) is 0 Å². The van der Waals surface area contributed by atoms with Crippen LogP contribution in [-0.2, 0) is 22.4 Å². The van der Waals surface area contributed by atoms with Gasteiger partial charge in [-0.25, -0.2) is 14.7 Å². The van der Waals surface area contributed by atoms with Gasteiger partial charge in [0.1, 0.15) is 5.69 Å². The fourth-order valence-electron chi connectivity index (χ4n) is 1.88. The summed E-state index contributed by atoms with van der Waals surface area (Å²) in [7, 11) is -3.82. The molecular formula is C9H17N7O2S. The fraction of sp³-hybridized carbons (Fsp3) is 0.556. The summed E-state index contributed by atoms with van der Waals surface area (Å²) < 4.78 is 27.6. The maximum Gasteiger partial charge on any atom is 0.305 e. The van der Waals surface area contributed by atoms with E-state index in [1.54, 1.807) is 13.1 Å². The highest BCUT2D eigenvalue weighted by Crippen LogP contribution is 2.29. The molecule has 1 aromatic heterocycles. The molecule has 6 N–H and O–H groups in total. The Bertz CT molecular complexity index is 590. The first-order chi connectivity index (χ1) is 8.88. The number of aromatic nitrogens is 2. The number of nitrogens with two attached hydrogens (primary N) is 2. The van der Waals surface area contributed by atoms with Crippen molar-refractivity contribution in [2.45, 2.75) is 26.1 Å². The lowest BCUT2D eigenvalue weighted by Crippen LogP contribution is -2.70. The predicted molar refractivity (Wildman–Crippen MR) is 69.7 cm³/mol. The van der Waals surface area contributed by atoms with E-state index in [9.17, 15) is 8.42 Å². The van der Waals surface area contributed by atoms with Gasteiger partial charge in [-0.3, -0.25) is 16.6 Å². The van der Waals surface area contributed by atoms with E-state index in [2.05, 4.69) is 20.1 Å². The molecule has 19 heavy (non-hydrogen) atoms. The molecular weight excluding hydrogens is 270 g/mol. The van der Waals surface area contributed by atoms with Gasteiger partial charge in [-0.2, -0.15) is 13.1 Å². The molecule has 1 aliphatic heterocycles. The van der Waals surface area contributed by atoms with Gasteiger partial charge in [0, 0.05) is 12.7 Å². The third-order valence-electron chi connectivity index (χ3n) is 2.87. The summed E-state index contributed by atoms with van der Waals surface area (Å²) in [6.45, 7) is 3.81. The second-order valence-corrected chi connectivity index (χ2v) is 5.71. The maximum atomic E-state index is 12.1. The number of rotatable bonds is 3. The molecule has 0 spiro atoms. The highest BCUT2D eigenvalue weighted by Gasteiger charge is 2.45. The molecule has 1 atom stereocenters. The monoisotopic (exact) mass is 287 g/mol. The Labute approximate surface area is 111 Å². The standard InChI is InChI=1S/C9H17N7O2S/c1-3-6-5-12-7-8(13-6)16(4-2)19(17,18)15-9(7,10)14-11/h5,14-15H,3-4,10-11H2,1-2H3. The van der Waals surface area contributed by atoms with Crippen molar-refractivity contribution in [3.8, 4) is 0 Å². The first kappa shape index (κ1) is 14.1. The van der Waals surface area contributed by atoms with Gasteiger partial charge in [0.2, 0.25) is 0 Å². The maximum absolute atomic E-state index is 12.1. The zero-order valence-corrected chi connectivity index (χ0v) is 11.5. The molecule has 0 bridgehead atoms. The van der Waals surface area contributed by atoms with Crippen LogP contribution in [0.15, 0.2) is 6.20 Å². The van der Waals surface area contributed by atoms with Crippen molar-refractivity contribution in [1.29, 1.82) is 0 Å². The van der Waals surface area contributed by atoms with Gasteiger partial charge in [-0.15, -0.1) is 0 Å². The van der Waals surface area contributed by atoms with Gasteiger partial charge in [-0.1, -0.05) is 6.92 Å². The third kappa shape index (κ3) is 2.17. The Morgan fingerprint density at radius 3 is 2.74 bits per heavy atom. The summed E-state index contributed by atoms with van der Waals surface area (Å²) >= 11 is 0. The van der Waals surface area contributed by atoms with Gasteiger partial charge >= 0.3 is 10.2 Å². The van der Waals surface area contributed by atoms with E-state index in [-0.39, 0.29) is 18.1 Å². The molecule has 0 radical (unpaired) electrons. The van der Waals surface area contributed by atoms with E-state index in [0.717, 1.165) is 4.31 Å². The SMILES string of the molecule is CCc1cnc2c(n1)N(CC)S(=O)(=O)NC2(N)NN. The number of hydrogen-bond acceptors (Lipinski definition) is 7. The van der Waals surface area contributed by atoms with E-state index in [4.69, 9.17) is 11.6 Å². The number of hydrazine groups is 1. The third-order valence-corrected chi connectivity index (χ3v) is 4.46. The molecule has 0 saturated carbocycles. The van der Waals surface area contributed by atoms with Crippen molar-refractivity contribution in [1.82, 2.24) is 20.1 Å². The van der Waals surface area contributed by atoms with Crippen molar-refractivity contribution >= 4 is 16.0 Å². The minimum atomic E-state index is -3.82. The average Bonchev–Trinajstić information content (AvgIpc) is 2.37. The quantitative estimate of drug-likeness (QED) is 0.293. The largest absolute Gasteiger partial charge is 0.305 e. The van der Waals surface area contributed by atoms with Crippen molar-refractivity contribution < 1.29 is 8.42 Å². The van der Waals surface area contributed by atoms with Crippen molar-refractivity contribution in [3.63, 3.8) is 0 Å². The van der Waals surface area contributed by atoms with Crippen molar-refractivity contribution in [2.75, 3.05) is 10.8 Å². The Kier molecular flexibility index (Phi) is 3.45. The number of nitrogens with zero attached hydrogens (tertiary/aromatic N) is 3. The van der Waals surface area contributed by atoms with Crippen LogP contribution in [0.5, 0.6) is 0 Å². The summed E-state index contributed by atoms with van der Waals surface area (Å²) in [5, 5.41) is 0. The lowest BCUT2D eigenvalue weighted by atomic mass is 10.2. The normalized spacial score (nSPS) is 25.2. The van der Waals surface area contributed by atoms with Crippen LogP contribution in [0.1, 0.15) is 25.2 Å². The lowest BCUT2D eigenvalue weighted by molar-refractivity contribution is 0.308.